The Labute approximate surface area is 161 Å². The van der Waals surface area contributed by atoms with Crippen LogP contribution in [0.15, 0.2) is 41.3 Å². The monoisotopic (exact) mass is 389 g/mol. The van der Waals surface area contributed by atoms with Gasteiger partial charge in [0.1, 0.15) is 5.69 Å². The number of likely N-dealkylation sites (tertiary alicyclic amines) is 1. The van der Waals surface area contributed by atoms with Crippen molar-refractivity contribution in [1.82, 2.24) is 25.0 Å². The molecule has 0 spiro atoms. The zero-order chi connectivity index (χ0) is 17.9. The van der Waals surface area contributed by atoms with Crippen LogP contribution >= 0.6 is 23.2 Å². The minimum Gasteiger partial charge on any atom is -0.332 e. The van der Waals surface area contributed by atoms with Crippen LogP contribution in [0.5, 0.6) is 0 Å². The third-order valence-electron chi connectivity index (χ3n) is 4.54. The Morgan fingerprint density at radius 1 is 1.19 bits per heavy atom. The molecule has 8 heteroatoms. The fourth-order valence-corrected chi connectivity index (χ4v) is 3.75. The molecule has 3 heterocycles. The second kappa shape index (κ2) is 7.70. The highest BCUT2D eigenvalue weighted by atomic mass is 35.5. The summed E-state index contributed by atoms with van der Waals surface area (Å²) in [7, 11) is 0. The van der Waals surface area contributed by atoms with Gasteiger partial charge < -0.3 is 4.52 Å². The topological polar surface area (TPSA) is 67.9 Å². The van der Waals surface area contributed by atoms with E-state index < -0.39 is 0 Å². The smallest absolute Gasteiger partial charge is 0.278 e. The highest BCUT2D eigenvalue weighted by molar-refractivity contribution is 6.35. The van der Waals surface area contributed by atoms with Gasteiger partial charge in [-0.25, -0.2) is 4.98 Å². The van der Waals surface area contributed by atoms with Gasteiger partial charge in [0.2, 0.25) is 0 Å². The summed E-state index contributed by atoms with van der Waals surface area (Å²) in [5.41, 5.74) is 1.55. The molecule has 1 saturated heterocycles. The Bertz CT molecular complexity index is 866. The van der Waals surface area contributed by atoms with Crippen LogP contribution in [0.2, 0.25) is 10.0 Å². The lowest BCUT2D eigenvalue weighted by atomic mass is 9.97. The van der Waals surface area contributed by atoms with Gasteiger partial charge >= 0.3 is 0 Å². The molecule has 2 aromatic heterocycles. The van der Waals surface area contributed by atoms with Crippen molar-refractivity contribution in [2.24, 2.45) is 0 Å². The number of halogens is 2. The van der Waals surface area contributed by atoms with Gasteiger partial charge in [-0.15, -0.1) is 0 Å². The average Bonchev–Trinajstić information content (AvgIpc) is 3.16. The number of piperidine rings is 1. The first-order chi connectivity index (χ1) is 12.7. The molecule has 0 saturated carbocycles. The minimum atomic E-state index is 0.208. The molecule has 0 radical (unpaired) electrons. The van der Waals surface area contributed by atoms with Crippen molar-refractivity contribution < 1.29 is 4.52 Å². The molecule has 1 aliphatic heterocycles. The number of aromatic nitrogens is 4. The first kappa shape index (κ1) is 17.4. The summed E-state index contributed by atoms with van der Waals surface area (Å²) in [6.45, 7) is 2.54. The van der Waals surface area contributed by atoms with E-state index in [2.05, 4.69) is 25.0 Å². The van der Waals surface area contributed by atoms with Crippen molar-refractivity contribution in [3.63, 3.8) is 0 Å². The van der Waals surface area contributed by atoms with E-state index in [0.29, 0.717) is 34.0 Å². The lowest BCUT2D eigenvalue weighted by molar-refractivity contribution is 0.195. The molecular weight excluding hydrogens is 373 g/mol. The quantitative estimate of drug-likeness (QED) is 0.665. The summed E-state index contributed by atoms with van der Waals surface area (Å²) in [5.74, 6) is 1.32. The molecule has 4 rings (SSSR count). The van der Waals surface area contributed by atoms with Crippen LogP contribution in [0.3, 0.4) is 0 Å². The molecule has 3 aromatic rings. The number of hydrogen-bond acceptors (Lipinski definition) is 6. The van der Waals surface area contributed by atoms with Crippen molar-refractivity contribution in [2.45, 2.75) is 25.3 Å². The molecular formula is C18H17Cl2N5O. The van der Waals surface area contributed by atoms with Crippen molar-refractivity contribution in [2.75, 3.05) is 13.1 Å². The SMILES string of the molecule is Clc1cccc(Cl)c1CN1CCCC(c2noc(-c3cnccn3)n2)C1. The normalized spacial score (nSPS) is 18.2. The summed E-state index contributed by atoms with van der Waals surface area (Å²) in [6, 6.07) is 5.60. The Hall–Kier alpha value is -2.02. The van der Waals surface area contributed by atoms with Gasteiger partial charge in [-0.2, -0.15) is 4.98 Å². The fourth-order valence-electron chi connectivity index (χ4n) is 3.23. The molecule has 1 atom stereocenters. The van der Waals surface area contributed by atoms with Crippen molar-refractivity contribution in [1.29, 1.82) is 0 Å². The lowest BCUT2D eigenvalue weighted by Gasteiger charge is -2.31. The van der Waals surface area contributed by atoms with E-state index in [1.54, 1.807) is 18.6 Å². The average molecular weight is 390 g/mol. The second-order valence-electron chi connectivity index (χ2n) is 6.32. The predicted molar refractivity (Wildman–Crippen MR) is 99.0 cm³/mol. The zero-order valence-electron chi connectivity index (χ0n) is 14.0. The van der Waals surface area contributed by atoms with Gasteiger partial charge in [0.05, 0.1) is 6.20 Å². The Balaban J connectivity index is 1.48. The standard InChI is InChI=1S/C18H17Cl2N5O/c19-14-4-1-5-15(20)13(14)11-25-8-2-3-12(10-25)17-23-18(26-24-17)16-9-21-6-7-22-16/h1,4-7,9,12H,2-3,8,10-11H2. The van der Waals surface area contributed by atoms with Crippen molar-refractivity contribution in [3.8, 4) is 11.6 Å². The zero-order valence-corrected chi connectivity index (χ0v) is 15.5. The van der Waals surface area contributed by atoms with E-state index in [1.807, 2.05) is 18.2 Å². The molecule has 1 fully saturated rings. The highest BCUT2D eigenvalue weighted by Gasteiger charge is 2.26. The Morgan fingerprint density at radius 2 is 2.04 bits per heavy atom. The van der Waals surface area contributed by atoms with Gasteiger partial charge in [-0.3, -0.25) is 9.88 Å². The first-order valence-corrected chi connectivity index (χ1v) is 9.21. The van der Waals surface area contributed by atoms with Gasteiger partial charge in [0, 0.05) is 47.0 Å². The lowest BCUT2D eigenvalue weighted by Crippen LogP contribution is -2.34. The Kier molecular flexibility index (Phi) is 5.15. The van der Waals surface area contributed by atoms with Crippen LogP contribution in [0.1, 0.15) is 30.1 Å². The largest absolute Gasteiger partial charge is 0.332 e. The molecule has 1 unspecified atom stereocenters. The maximum Gasteiger partial charge on any atom is 0.278 e. The van der Waals surface area contributed by atoms with Gasteiger partial charge in [0.15, 0.2) is 5.82 Å². The third-order valence-corrected chi connectivity index (χ3v) is 5.25. The molecule has 134 valence electrons. The summed E-state index contributed by atoms with van der Waals surface area (Å²) < 4.78 is 5.37. The van der Waals surface area contributed by atoms with Crippen LogP contribution in [0.4, 0.5) is 0 Å². The second-order valence-corrected chi connectivity index (χ2v) is 7.14. The number of hydrogen-bond donors (Lipinski definition) is 0. The molecule has 0 amide bonds. The molecule has 1 aromatic carbocycles. The molecule has 6 nitrogen and oxygen atoms in total. The first-order valence-electron chi connectivity index (χ1n) is 8.46. The van der Waals surface area contributed by atoms with E-state index >= 15 is 0 Å². The molecule has 0 aliphatic carbocycles. The molecule has 0 bridgehead atoms. The number of rotatable bonds is 4. The predicted octanol–water partition coefficient (Wildman–Crippen LogP) is 4.21. The molecule has 26 heavy (non-hydrogen) atoms. The van der Waals surface area contributed by atoms with E-state index in [4.69, 9.17) is 27.7 Å². The Morgan fingerprint density at radius 3 is 2.81 bits per heavy atom. The molecule has 1 aliphatic rings. The summed E-state index contributed by atoms with van der Waals surface area (Å²) in [5, 5.41) is 5.56. The van der Waals surface area contributed by atoms with Crippen molar-refractivity contribution in [3.05, 3.63) is 58.2 Å². The fraction of sp³-hybridized carbons (Fsp3) is 0.333. The number of nitrogens with zero attached hydrogens (tertiary/aromatic N) is 5. The van der Waals surface area contributed by atoms with Crippen molar-refractivity contribution >= 4 is 23.2 Å². The maximum absolute atomic E-state index is 6.31. The van der Waals surface area contributed by atoms with Crippen LogP contribution in [-0.4, -0.2) is 38.1 Å². The van der Waals surface area contributed by atoms with E-state index in [1.165, 1.54) is 0 Å². The van der Waals surface area contributed by atoms with Gasteiger partial charge in [-0.1, -0.05) is 34.4 Å². The van der Waals surface area contributed by atoms with Crippen LogP contribution in [0, 0.1) is 0 Å². The summed E-state index contributed by atoms with van der Waals surface area (Å²) in [6.07, 6.45) is 6.91. The highest BCUT2D eigenvalue weighted by Crippen LogP contribution is 2.30. The number of benzene rings is 1. The van der Waals surface area contributed by atoms with E-state index in [9.17, 15) is 0 Å². The van der Waals surface area contributed by atoms with Crippen LogP contribution < -0.4 is 0 Å². The molecule has 0 N–H and O–H groups in total. The van der Waals surface area contributed by atoms with Crippen LogP contribution in [-0.2, 0) is 6.54 Å². The van der Waals surface area contributed by atoms with Gasteiger partial charge in [0.25, 0.3) is 5.89 Å². The van der Waals surface area contributed by atoms with E-state index in [-0.39, 0.29) is 5.92 Å². The maximum atomic E-state index is 6.31. The summed E-state index contributed by atoms with van der Waals surface area (Å²) >= 11 is 12.6. The van der Waals surface area contributed by atoms with Gasteiger partial charge in [-0.05, 0) is 31.5 Å². The van der Waals surface area contributed by atoms with Crippen LogP contribution in [0.25, 0.3) is 11.6 Å². The van der Waals surface area contributed by atoms with E-state index in [0.717, 1.165) is 31.5 Å². The third kappa shape index (κ3) is 3.72. The summed E-state index contributed by atoms with van der Waals surface area (Å²) in [4.78, 5) is 15.1. The minimum absolute atomic E-state index is 0.208.